The average Bonchev–Trinajstić information content (AvgIpc) is 3.62. The van der Waals surface area contributed by atoms with Crippen molar-refractivity contribution in [2.45, 2.75) is 51.6 Å². The molecule has 1 N–H and O–H groups in total. The molecule has 0 radical (unpaired) electrons. The number of aromatic nitrogens is 2. The fourth-order valence-electron chi connectivity index (χ4n) is 4.92. The fraction of sp³-hybridized carbons (Fsp3) is 0.423. The molecule has 6 nitrogen and oxygen atoms in total. The molecule has 2 aromatic heterocycles. The molecule has 1 aliphatic heterocycles. The first-order valence-electron chi connectivity index (χ1n) is 11.8. The number of phenolic OH excluding ortho intramolecular Hbond substituents is 1. The van der Waals surface area contributed by atoms with Gasteiger partial charge < -0.3 is 14.4 Å². The maximum atomic E-state index is 13.4. The van der Waals surface area contributed by atoms with Gasteiger partial charge >= 0.3 is 5.97 Å². The summed E-state index contributed by atoms with van der Waals surface area (Å²) in [4.78, 5) is 20.8. The lowest BCUT2D eigenvalue weighted by atomic mass is 10.0. The zero-order valence-electron chi connectivity index (χ0n) is 19.3. The number of pyridine rings is 1. The highest BCUT2D eigenvalue weighted by molar-refractivity contribution is 7.81. The van der Waals surface area contributed by atoms with Crippen molar-refractivity contribution in [3.05, 3.63) is 59.0 Å². The van der Waals surface area contributed by atoms with E-state index in [1.807, 2.05) is 24.3 Å². The summed E-state index contributed by atoms with van der Waals surface area (Å²) in [6, 6.07) is 9.57. The summed E-state index contributed by atoms with van der Waals surface area (Å²) in [7, 11) is 0. The van der Waals surface area contributed by atoms with Gasteiger partial charge in [-0.25, -0.2) is 4.79 Å². The standard InChI is InChI=1S/C26H29N3O3S.ClH/c1-2-32-26(31)23-22-18(16-28-14-6-3-7-15-28)21(30)12-11-20(22)29(17-9-10-17)24(23)25(33)19-8-4-5-13-27-19;/h4-5,8,11-13,17,30H,2-3,6-7,9-10,14-16H2,1H3;1H. The minimum atomic E-state index is -0.402. The lowest BCUT2D eigenvalue weighted by molar-refractivity contribution is 0.0528. The molecule has 2 aliphatic rings. The van der Waals surface area contributed by atoms with Crippen molar-refractivity contribution in [3.63, 3.8) is 0 Å². The van der Waals surface area contributed by atoms with Gasteiger partial charge in [-0.05, 0) is 70.0 Å². The Hall–Kier alpha value is -2.48. The number of ether oxygens (including phenoxy) is 1. The SMILES string of the molecule is CCOC(=O)c1c(C(=S)c2ccccn2)n(C2CC2)c2ccc(O)c(CN3CCCCC3)c12.Cl. The number of esters is 1. The molecule has 0 unspecified atom stereocenters. The van der Waals surface area contributed by atoms with E-state index in [0.29, 0.717) is 28.4 Å². The van der Waals surface area contributed by atoms with Gasteiger partial charge in [-0.1, -0.05) is 24.7 Å². The van der Waals surface area contributed by atoms with Gasteiger partial charge in [-0.15, -0.1) is 12.4 Å². The number of halogens is 1. The molecule has 1 aliphatic carbocycles. The van der Waals surface area contributed by atoms with E-state index in [1.165, 1.54) is 6.42 Å². The van der Waals surface area contributed by atoms with E-state index in [-0.39, 0.29) is 30.8 Å². The van der Waals surface area contributed by atoms with Crippen LogP contribution in [0.15, 0.2) is 36.5 Å². The average molecular weight is 500 g/mol. The number of carbonyl (C=O) groups is 1. The van der Waals surface area contributed by atoms with Gasteiger partial charge in [0, 0.05) is 29.7 Å². The van der Waals surface area contributed by atoms with Gasteiger partial charge in [0.2, 0.25) is 0 Å². The van der Waals surface area contributed by atoms with Gasteiger partial charge in [-0.2, -0.15) is 0 Å². The molecule has 0 atom stereocenters. The third-order valence-corrected chi connectivity index (χ3v) is 6.99. The van der Waals surface area contributed by atoms with Crippen molar-refractivity contribution in [3.8, 4) is 5.75 Å². The molecule has 5 rings (SSSR count). The van der Waals surface area contributed by atoms with Gasteiger partial charge in [0.05, 0.1) is 33.9 Å². The monoisotopic (exact) mass is 499 g/mol. The lowest BCUT2D eigenvalue weighted by Gasteiger charge is -2.27. The van der Waals surface area contributed by atoms with Crippen LogP contribution >= 0.6 is 24.6 Å². The maximum Gasteiger partial charge on any atom is 0.341 e. The first-order valence-corrected chi connectivity index (χ1v) is 12.2. The van der Waals surface area contributed by atoms with E-state index in [1.54, 1.807) is 19.2 Å². The van der Waals surface area contributed by atoms with Crippen LogP contribution in [0.25, 0.3) is 10.9 Å². The number of nitrogens with zero attached hydrogens (tertiary/aromatic N) is 3. The molecule has 0 spiro atoms. The van der Waals surface area contributed by atoms with E-state index in [2.05, 4.69) is 14.5 Å². The number of rotatable bonds is 7. The largest absolute Gasteiger partial charge is 0.508 e. The summed E-state index contributed by atoms with van der Waals surface area (Å²) in [5.74, 6) is -0.192. The third-order valence-electron chi connectivity index (χ3n) is 6.59. The number of piperidine rings is 1. The number of benzene rings is 1. The smallest absolute Gasteiger partial charge is 0.341 e. The van der Waals surface area contributed by atoms with Crippen LogP contribution in [0.5, 0.6) is 5.75 Å². The normalized spacial score (nSPS) is 16.3. The summed E-state index contributed by atoms with van der Waals surface area (Å²) in [6.07, 6.45) is 7.32. The number of fused-ring (bicyclic) bond motifs is 1. The summed E-state index contributed by atoms with van der Waals surface area (Å²) in [5, 5.41) is 11.7. The topological polar surface area (TPSA) is 67.6 Å². The van der Waals surface area contributed by atoms with Crippen molar-refractivity contribution >= 4 is 46.4 Å². The van der Waals surface area contributed by atoms with E-state index in [9.17, 15) is 9.90 Å². The number of hydrogen-bond acceptors (Lipinski definition) is 6. The summed E-state index contributed by atoms with van der Waals surface area (Å²) in [5.41, 5.74) is 3.51. The van der Waals surface area contributed by atoms with Crippen LogP contribution in [0.4, 0.5) is 0 Å². The highest BCUT2D eigenvalue weighted by atomic mass is 35.5. The lowest BCUT2D eigenvalue weighted by Crippen LogP contribution is -2.29. The van der Waals surface area contributed by atoms with E-state index >= 15 is 0 Å². The zero-order valence-corrected chi connectivity index (χ0v) is 21.0. The van der Waals surface area contributed by atoms with Crippen LogP contribution in [-0.2, 0) is 11.3 Å². The molecule has 0 bridgehead atoms. The summed E-state index contributed by atoms with van der Waals surface area (Å²) in [6.45, 7) is 4.66. The molecular formula is C26H30ClN3O3S. The number of phenols is 1. The van der Waals surface area contributed by atoms with E-state index < -0.39 is 5.97 Å². The van der Waals surface area contributed by atoms with Crippen LogP contribution < -0.4 is 0 Å². The molecule has 8 heteroatoms. The molecule has 1 saturated heterocycles. The van der Waals surface area contributed by atoms with Crippen molar-refractivity contribution < 1.29 is 14.6 Å². The first kappa shape index (κ1) is 24.6. The third kappa shape index (κ3) is 4.57. The zero-order chi connectivity index (χ0) is 22.9. The Morgan fingerprint density at radius 1 is 1.18 bits per heavy atom. The Morgan fingerprint density at radius 2 is 1.94 bits per heavy atom. The molecule has 3 heterocycles. The number of aromatic hydroxyl groups is 1. The van der Waals surface area contributed by atoms with Crippen LogP contribution in [0, 0.1) is 0 Å². The highest BCUT2D eigenvalue weighted by Gasteiger charge is 2.36. The van der Waals surface area contributed by atoms with Crippen molar-refractivity contribution in [1.29, 1.82) is 0 Å². The number of hydrogen-bond donors (Lipinski definition) is 1. The second-order valence-electron chi connectivity index (χ2n) is 8.88. The summed E-state index contributed by atoms with van der Waals surface area (Å²) >= 11 is 5.93. The molecule has 180 valence electrons. The predicted octanol–water partition coefficient (Wildman–Crippen LogP) is 5.43. The van der Waals surface area contributed by atoms with Crippen LogP contribution in [0.2, 0.25) is 0 Å². The van der Waals surface area contributed by atoms with Crippen LogP contribution in [0.1, 0.15) is 72.4 Å². The van der Waals surface area contributed by atoms with Crippen LogP contribution in [0.3, 0.4) is 0 Å². The Labute approximate surface area is 211 Å². The molecule has 1 saturated carbocycles. The Morgan fingerprint density at radius 3 is 2.59 bits per heavy atom. The van der Waals surface area contributed by atoms with E-state index in [0.717, 1.165) is 55.2 Å². The van der Waals surface area contributed by atoms with Crippen molar-refractivity contribution in [1.82, 2.24) is 14.5 Å². The highest BCUT2D eigenvalue weighted by Crippen LogP contribution is 2.44. The Kier molecular flexibility index (Phi) is 7.55. The summed E-state index contributed by atoms with van der Waals surface area (Å²) < 4.78 is 7.73. The number of likely N-dealkylation sites (tertiary alicyclic amines) is 1. The minimum Gasteiger partial charge on any atom is -0.508 e. The second kappa shape index (κ2) is 10.4. The Balaban J connectivity index is 0.00000274. The van der Waals surface area contributed by atoms with Gasteiger partial charge in [0.1, 0.15) is 5.75 Å². The van der Waals surface area contributed by atoms with Gasteiger partial charge in [0.15, 0.2) is 0 Å². The van der Waals surface area contributed by atoms with Gasteiger partial charge in [0.25, 0.3) is 0 Å². The first-order chi connectivity index (χ1) is 16.1. The van der Waals surface area contributed by atoms with Gasteiger partial charge in [-0.3, -0.25) is 9.88 Å². The molecule has 3 aromatic rings. The fourth-order valence-corrected chi connectivity index (χ4v) is 5.24. The number of carbonyl (C=O) groups excluding carboxylic acids is 1. The quantitative estimate of drug-likeness (QED) is 0.266. The molecule has 0 amide bonds. The van der Waals surface area contributed by atoms with Crippen molar-refractivity contribution in [2.24, 2.45) is 0 Å². The molecule has 1 aromatic carbocycles. The minimum absolute atomic E-state index is 0. The maximum absolute atomic E-state index is 13.4. The predicted molar refractivity (Wildman–Crippen MR) is 139 cm³/mol. The second-order valence-corrected chi connectivity index (χ2v) is 9.29. The van der Waals surface area contributed by atoms with E-state index in [4.69, 9.17) is 17.0 Å². The Bertz CT molecular complexity index is 1200. The van der Waals surface area contributed by atoms with Crippen LogP contribution in [-0.4, -0.2) is 50.1 Å². The number of thiocarbonyl (C=S) groups is 1. The molecule has 34 heavy (non-hydrogen) atoms. The molecular weight excluding hydrogens is 470 g/mol. The van der Waals surface area contributed by atoms with Crippen molar-refractivity contribution in [2.75, 3.05) is 19.7 Å². The molecule has 2 fully saturated rings.